The van der Waals surface area contributed by atoms with Gasteiger partial charge in [0, 0.05) is 6.04 Å². The summed E-state index contributed by atoms with van der Waals surface area (Å²) in [7, 11) is 0. The molecule has 0 aromatic rings. The number of nitrogens with one attached hydrogen (secondary N) is 1. The van der Waals surface area contributed by atoms with Gasteiger partial charge >= 0.3 is 5.97 Å². The highest BCUT2D eigenvalue weighted by Crippen LogP contribution is 2.59. The average Bonchev–Trinajstić information content (AvgIpc) is 3.36. The Morgan fingerprint density at radius 3 is 2.61 bits per heavy atom. The number of hydrogen-bond donors (Lipinski definition) is 2. The van der Waals surface area contributed by atoms with E-state index in [0.717, 1.165) is 19.3 Å². The van der Waals surface area contributed by atoms with Crippen LogP contribution in [0.4, 0.5) is 0 Å². The van der Waals surface area contributed by atoms with Gasteiger partial charge in [-0.15, -0.1) is 0 Å². The van der Waals surface area contributed by atoms with Crippen molar-refractivity contribution < 1.29 is 29.0 Å². The van der Waals surface area contributed by atoms with E-state index in [2.05, 4.69) is 12.2 Å². The highest BCUT2D eigenvalue weighted by molar-refractivity contribution is 5.98. The molecule has 0 aliphatic carbocycles. The van der Waals surface area contributed by atoms with E-state index in [0.29, 0.717) is 12.8 Å². The molecule has 2 bridgehead atoms. The third-order valence-electron chi connectivity index (χ3n) is 7.50. The summed E-state index contributed by atoms with van der Waals surface area (Å²) >= 11 is 0. The second kappa shape index (κ2) is 9.45. The summed E-state index contributed by atoms with van der Waals surface area (Å²) in [6.07, 6.45) is 3.25. The molecule has 1 spiro atoms. The summed E-state index contributed by atoms with van der Waals surface area (Å²) in [5.41, 5.74) is -1.05. The van der Waals surface area contributed by atoms with Crippen molar-refractivity contribution in [1.82, 2.24) is 10.2 Å². The fourth-order valence-electron chi connectivity index (χ4n) is 5.90. The lowest BCUT2D eigenvalue weighted by Crippen LogP contribution is -2.60. The number of ether oxygens (including phenoxy) is 2. The second-order valence-corrected chi connectivity index (χ2v) is 9.39. The fourth-order valence-corrected chi connectivity index (χ4v) is 5.90. The van der Waals surface area contributed by atoms with Crippen molar-refractivity contribution in [2.24, 2.45) is 17.8 Å². The number of aliphatic hydroxyl groups is 1. The maximum Gasteiger partial charge on any atom is 0.312 e. The number of likely N-dealkylation sites (tertiary alicyclic amines) is 1. The van der Waals surface area contributed by atoms with Crippen molar-refractivity contribution in [3.05, 3.63) is 0 Å². The predicted octanol–water partition coefficient (Wildman–Crippen LogP) is 1.64. The van der Waals surface area contributed by atoms with Crippen LogP contribution in [-0.4, -0.2) is 70.8 Å². The maximum absolute atomic E-state index is 13.8. The van der Waals surface area contributed by atoms with Crippen LogP contribution in [0.3, 0.4) is 0 Å². The normalized spacial score (nSPS) is 34.4. The largest absolute Gasteiger partial charge is 0.466 e. The lowest BCUT2D eigenvalue weighted by molar-refractivity contribution is -0.156. The van der Waals surface area contributed by atoms with Crippen LogP contribution < -0.4 is 5.32 Å². The number of aliphatic hydroxyl groups excluding tert-OH is 1. The number of hydrogen-bond acceptors (Lipinski definition) is 6. The highest BCUT2D eigenvalue weighted by atomic mass is 16.6. The minimum absolute atomic E-state index is 0.00853. The van der Waals surface area contributed by atoms with Gasteiger partial charge in [0.2, 0.25) is 11.8 Å². The molecule has 0 saturated carbocycles. The first-order chi connectivity index (χ1) is 14.8. The molecule has 8 atom stereocenters. The van der Waals surface area contributed by atoms with Gasteiger partial charge in [-0.3, -0.25) is 14.4 Å². The third kappa shape index (κ3) is 3.86. The summed E-state index contributed by atoms with van der Waals surface area (Å²) in [5.74, 6) is -2.43. The Kier molecular flexibility index (Phi) is 7.31. The Balaban J connectivity index is 2.03. The Bertz CT molecular complexity index is 700. The van der Waals surface area contributed by atoms with Gasteiger partial charge in [-0.2, -0.15) is 0 Å². The summed E-state index contributed by atoms with van der Waals surface area (Å²) in [6.45, 7) is 9.68. The van der Waals surface area contributed by atoms with E-state index < -0.39 is 41.6 Å². The molecular weight excluding hydrogens is 400 g/mol. The van der Waals surface area contributed by atoms with E-state index in [1.54, 1.807) is 11.8 Å². The van der Waals surface area contributed by atoms with Crippen LogP contribution in [-0.2, 0) is 23.9 Å². The van der Waals surface area contributed by atoms with Crippen LogP contribution in [0.2, 0.25) is 0 Å². The molecule has 8 nitrogen and oxygen atoms in total. The van der Waals surface area contributed by atoms with Crippen LogP contribution >= 0.6 is 0 Å². The number of nitrogens with zero attached hydrogens (tertiary/aromatic N) is 1. The van der Waals surface area contributed by atoms with Crippen molar-refractivity contribution in [2.45, 2.75) is 96.6 Å². The minimum atomic E-state index is -1.05. The van der Waals surface area contributed by atoms with Gasteiger partial charge in [-0.1, -0.05) is 33.6 Å². The molecule has 0 aromatic heterocycles. The van der Waals surface area contributed by atoms with Crippen LogP contribution in [0.1, 0.15) is 66.7 Å². The monoisotopic (exact) mass is 438 g/mol. The Morgan fingerprint density at radius 2 is 2.03 bits per heavy atom. The minimum Gasteiger partial charge on any atom is -0.466 e. The molecule has 0 radical (unpaired) electrons. The zero-order valence-corrected chi connectivity index (χ0v) is 19.4. The molecule has 3 fully saturated rings. The lowest BCUT2D eigenvalue weighted by atomic mass is 9.70. The Hall–Kier alpha value is -1.67. The molecule has 176 valence electrons. The summed E-state index contributed by atoms with van der Waals surface area (Å²) in [4.78, 5) is 41.7. The second-order valence-electron chi connectivity index (χ2n) is 9.39. The van der Waals surface area contributed by atoms with Crippen LogP contribution in [0.25, 0.3) is 0 Å². The van der Waals surface area contributed by atoms with Crippen LogP contribution in [0.5, 0.6) is 0 Å². The fraction of sp³-hybridized carbons (Fsp3) is 0.870. The zero-order valence-electron chi connectivity index (χ0n) is 19.4. The van der Waals surface area contributed by atoms with Crippen molar-refractivity contribution in [2.75, 3.05) is 13.2 Å². The van der Waals surface area contributed by atoms with Gasteiger partial charge in [0.25, 0.3) is 0 Å². The third-order valence-corrected chi connectivity index (χ3v) is 7.50. The molecule has 3 saturated heterocycles. The highest BCUT2D eigenvalue weighted by Gasteiger charge is 2.75. The predicted molar refractivity (Wildman–Crippen MR) is 114 cm³/mol. The van der Waals surface area contributed by atoms with Crippen molar-refractivity contribution in [1.29, 1.82) is 0 Å². The molecule has 0 aromatic carbocycles. The molecule has 3 unspecified atom stereocenters. The Morgan fingerprint density at radius 1 is 1.32 bits per heavy atom. The van der Waals surface area contributed by atoms with E-state index in [9.17, 15) is 19.5 Å². The molecule has 31 heavy (non-hydrogen) atoms. The molecule has 3 heterocycles. The van der Waals surface area contributed by atoms with Gasteiger partial charge in [-0.25, -0.2) is 0 Å². The molecule has 3 aliphatic heterocycles. The average molecular weight is 439 g/mol. The van der Waals surface area contributed by atoms with Crippen molar-refractivity contribution in [3.8, 4) is 0 Å². The van der Waals surface area contributed by atoms with Gasteiger partial charge in [0.05, 0.1) is 37.2 Å². The van der Waals surface area contributed by atoms with E-state index in [4.69, 9.17) is 9.47 Å². The van der Waals surface area contributed by atoms with Gasteiger partial charge in [0.1, 0.15) is 11.6 Å². The number of rotatable bonds is 10. The molecule has 2 N–H and O–H groups in total. The molecular formula is C23H38N2O6. The van der Waals surface area contributed by atoms with Crippen molar-refractivity contribution in [3.63, 3.8) is 0 Å². The van der Waals surface area contributed by atoms with Crippen LogP contribution in [0.15, 0.2) is 0 Å². The summed E-state index contributed by atoms with van der Waals surface area (Å²) in [5, 5.41) is 13.3. The Labute approximate surface area is 185 Å². The van der Waals surface area contributed by atoms with Crippen LogP contribution in [0, 0.1) is 17.8 Å². The quantitative estimate of drug-likeness (QED) is 0.503. The van der Waals surface area contributed by atoms with E-state index in [1.807, 2.05) is 20.8 Å². The topological polar surface area (TPSA) is 105 Å². The number of carbonyl (C=O) groups excluding carboxylic acids is 3. The maximum atomic E-state index is 13.8. The lowest BCUT2D eigenvalue weighted by Gasteiger charge is -2.39. The first kappa shape index (κ1) is 24.0. The van der Waals surface area contributed by atoms with Gasteiger partial charge in [-0.05, 0) is 39.0 Å². The molecule has 2 amide bonds. The van der Waals surface area contributed by atoms with E-state index in [1.165, 1.54) is 0 Å². The van der Waals surface area contributed by atoms with Crippen molar-refractivity contribution >= 4 is 17.8 Å². The first-order valence-corrected chi connectivity index (χ1v) is 11.8. The number of carbonyl (C=O) groups is 3. The first-order valence-electron chi connectivity index (χ1n) is 11.8. The van der Waals surface area contributed by atoms with E-state index >= 15 is 0 Å². The SMILES string of the molecule is CCCC(C)NC(=O)C1N([C@@H](CO)[C@@H](C)CC)C(=O)[C@@H]2[C@H](C(=O)OCC)[C@@H]3CCC12O3. The van der Waals surface area contributed by atoms with Gasteiger partial charge in [0.15, 0.2) is 0 Å². The number of esters is 1. The van der Waals surface area contributed by atoms with Gasteiger partial charge < -0.3 is 24.8 Å². The summed E-state index contributed by atoms with van der Waals surface area (Å²) in [6, 6.07) is -1.42. The van der Waals surface area contributed by atoms with E-state index in [-0.39, 0.29) is 37.0 Å². The summed E-state index contributed by atoms with van der Waals surface area (Å²) < 4.78 is 11.6. The smallest absolute Gasteiger partial charge is 0.312 e. The molecule has 8 heteroatoms. The number of fused-ring (bicyclic) bond motifs is 1. The number of amides is 2. The molecule has 3 rings (SSSR count). The zero-order chi connectivity index (χ0) is 22.9. The standard InChI is InChI=1S/C23H38N2O6/c1-6-9-14(5)24-20(27)19-23-11-10-16(31-23)17(22(29)30-8-3)18(23)21(28)25(19)15(12-26)13(4)7-2/h13-19,26H,6-12H2,1-5H3,(H,24,27)/t13-,14?,15-,16-,17+,18-,19?,23?/m0/s1. The molecule has 3 aliphatic rings.